The van der Waals surface area contributed by atoms with E-state index in [0.717, 1.165) is 17.5 Å². The van der Waals surface area contributed by atoms with Gasteiger partial charge in [-0.3, -0.25) is 4.79 Å². The summed E-state index contributed by atoms with van der Waals surface area (Å²) >= 11 is 7.61. The Morgan fingerprint density at radius 2 is 1.88 bits per heavy atom. The second-order valence-electron chi connectivity index (χ2n) is 7.55. The van der Waals surface area contributed by atoms with Gasteiger partial charge in [-0.15, -0.1) is 5.10 Å². The second-order valence-corrected chi connectivity index (χ2v) is 9.15. The number of aryl methyl sites for hydroxylation is 1. The van der Waals surface area contributed by atoms with Crippen molar-refractivity contribution in [2.45, 2.75) is 37.9 Å². The zero-order valence-electron chi connectivity index (χ0n) is 17.8. The molecule has 7 heteroatoms. The molecule has 32 heavy (non-hydrogen) atoms. The van der Waals surface area contributed by atoms with Gasteiger partial charge in [0.05, 0.1) is 16.5 Å². The molecule has 1 aliphatic heterocycles. The van der Waals surface area contributed by atoms with E-state index in [0.29, 0.717) is 28.1 Å². The van der Waals surface area contributed by atoms with Gasteiger partial charge in [0.15, 0.2) is 5.17 Å². The minimum absolute atomic E-state index is 0.0435. The molecule has 2 aromatic carbocycles. The first kappa shape index (κ1) is 22.4. The lowest BCUT2D eigenvalue weighted by molar-refractivity contribution is -0.118. The van der Waals surface area contributed by atoms with Gasteiger partial charge in [0.1, 0.15) is 11.5 Å². The Hall–Kier alpha value is -2.83. The number of carbonyl (C=O) groups excluding carboxylic acids is 1. The van der Waals surface area contributed by atoms with E-state index in [2.05, 4.69) is 46.7 Å². The van der Waals surface area contributed by atoms with Gasteiger partial charge in [0, 0.05) is 5.56 Å². The van der Waals surface area contributed by atoms with Crippen LogP contribution in [-0.4, -0.2) is 22.5 Å². The zero-order valence-corrected chi connectivity index (χ0v) is 19.3. The molecule has 1 N–H and O–H groups in total. The van der Waals surface area contributed by atoms with Crippen LogP contribution in [0.3, 0.4) is 0 Å². The van der Waals surface area contributed by atoms with Crippen LogP contribution in [-0.2, 0) is 17.6 Å². The minimum Gasteiger partial charge on any atom is -0.455 e. The number of benzene rings is 2. The van der Waals surface area contributed by atoms with Crippen LogP contribution in [0, 0.1) is 0 Å². The number of rotatable bonds is 8. The molecule has 1 atom stereocenters. The first-order chi connectivity index (χ1) is 15.6. The highest BCUT2D eigenvalue weighted by molar-refractivity contribution is 8.15. The van der Waals surface area contributed by atoms with E-state index >= 15 is 0 Å². The molecule has 0 radical (unpaired) electrons. The Balaban J connectivity index is 1.34. The summed E-state index contributed by atoms with van der Waals surface area (Å²) in [5, 5.41) is 11.9. The molecule has 1 aliphatic rings. The molecule has 4 rings (SSSR count). The standard InChI is InChI=1S/C25H24ClN3O2S/c1-2-3-6-17-9-11-18(12-10-17)15-23-24(30)28-25(32-23)29-27-16-19-13-14-22(31-19)20-7-4-5-8-21(20)26/h4-5,7-14,16,23H,2-3,6,15H2,1H3,(H,28,29,30)/b27-16+. The Kier molecular flexibility index (Phi) is 7.45. The van der Waals surface area contributed by atoms with Crippen LogP contribution < -0.4 is 5.32 Å². The van der Waals surface area contributed by atoms with Gasteiger partial charge >= 0.3 is 0 Å². The number of thioether (sulfide) groups is 1. The smallest absolute Gasteiger partial charge is 0.239 e. The fraction of sp³-hybridized carbons (Fsp3) is 0.240. The van der Waals surface area contributed by atoms with Crippen molar-refractivity contribution in [1.82, 2.24) is 5.32 Å². The van der Waals surface area contributed by atoms with Crippen LogP contribution in [0.15, 0.2) is 75.3 Å². The van der Waals surface area contributed by atoms with E-state index < -0.39 is 0 Å². The minimum atomic E-state index is -0.208. The maximum absolute atomic E-state index is 12.3. The number of amides is 1. The lowest BCUT2D eigenvalue weighted by Gasteiger charge is -2.06. The Morgan fingerprint density at radius 1 is 1.09 bits per heavy atom. The van der Waals surface area contributed by atoms with Gasteiger partial charge in [-0.2, -0.15) is 5.10 Å². The van der Waals surface area contributed by atoms with Gasteiger partial charge < -0.3 is 9.73 Å². The topological polar surface area (TPSA) is 67.0 Å². The van der Waals surface area contributed by atoms with E-state index in [1.165, 1.54) is 36.4 Å². The number of furan rings is 1. The first-order valence-corrected chi connectivity index (χ1v) is 11.9. The van der Waals surface area contributed by atoms with Crippen LogP contribution in [0.1, 0.15) is 36.7 Å². The van der Waals surface area contributed by atoms with Gasteiger partial charge in [0.25, 0.3) is 0 Å². The van der Waals surface area contributed by atoms with Crippen molar-refractivity contribution in [1.29, 1.82) is 0 Å². The molecule has 1 amide bonds. The van der Waals surface area contributed by atoms with Crippen LogP contribution in [0.2, 0.25) is 5.02 Å². The fourth-order valence-corrected chi connectivity index (χ4v) is 4.58. The summed E-state index contributed by atoms with van der Waals surface area (Å²) in [7, 11) is 0. The maximum atomic E-state index is 12.3. The lowest BCUT2D eigenvalue weighted by atomic mass is 10.0. The summed E-state index contributed by atoms with van der Waals surface area (Å²) in [6, 6.07) is 19.7. The van der Waals surface area contributed by atoms with Crippen molar-refractivity contribution in [2.24, 2.45) is 10.2 Å². The highest BCUT2D eigenvalue weighted by Crippen LogP contribution is 2.29. The number of hydrogen-bond donors (Lipinski definition) is 1. The summed E-state index contributed by atoms with van der Waals surface area (Å²) < 4.78 is 5.77. The van der Waals surface area contributed by atoms with Crippen LogP contribution in [0.5, 0.6) is 0 Å². The van der Waals surface area contributed by atoms with Gasteiger partial charge in [0.2, 0.25) is 5.91 Å². The van der Waals surface area contributed by atoms with Crippen molar-refractivity contribution in [3.63, 3.8) is 0 Å². The number of halogens is 1. The Morgan fingerprint density at radius 3 is 2.66 bits per heavy atom. The number of amidine groups is 1. The molecule has 2 heterocycles. The largest absolute Gasteiger partial charge is 0.455 e. The molecule has 0 saturated carbocycles. The van der Waals surface area contributed by atoms with Crippen molar-refractivity contribution < 1.29 is 9.21 Å². The number of nitrogens with zero attached hydrogens (tertiary/aromatic N) is 2. The molecular formula is C25H24ClN3O2S. The monoisotopic (exact) mass is 465 g/mol. The molecule has 164 valence electrons. The fourth-order valence-electron chi connectivity index (χ4n) is 3.39. The van der Waals surface area contributed by atoms with Crippen LogP contribution in [0.25, 0.3) is 11.3 Å². The number of carbonyl (C=O) groups is 1. The molecule has 1 saturated heterocycles. The molecule has 3 aromatic rings. The predicted molar refractivity (Wildman–Crippen MR) is 132 cm³/mol. The number of unbranched alkanes of at least 4 members (excludes halogenated alkanes) is 1. The molecule has 1 unspecified atom stereocenters. The average Bonchev–Trinajstić information content (AvgIpc) is 3.40. The average molecular weight is 466 g/mol. The van der Waals surface area contributed by atoms with E-state index in [1.807, 2.05) is 30.3 Å². The zero-order chi connectivity index (χ0) is 22.3. The summed E-state index contributed by atoms with van der Waals surface area (Å²) in [6.45, 7) is 2.19. The van der Waals surface area contributed by atoms with E-state index in [-0.39, 0.29) is 11.2 Å². The molecule has 0 spiro atoms. The van der Waals surface area contributed by atoms with E-state index in [4.69, 9.17) is 16.0 Å². The molecule has 1 aromatic heterocycles. The summed E-state index contributed by atoms with van der Waals surface area (Å²) in [4.78, 5) is 12.3. The van der Waals surface area contributed by atoms with E-state index in [1.54, 1.807) is 6.07 Å². The summed E-state index contributed by atoms with van der Waals surface area (Å²) in [5.74, 6) is 1.17. The second kappa shape index (κ2) is 10.7. The number of nitrogens with one attached hydrogen (secondary N) is 1. The number of hydrogen-bond acceptors (Lipinski definition) is 5. The van der Waals surface area contributed by atoms with Crippen molar-refractivity contribution in [3.05, 3.63) is 82.6 Å². The Labute approximate surface area is 197 Å². The van der Waals surface area contributed by atoms with Crippen LogP contribution in [0.4, 0.5) is 0 Å². The van der Waals surface area contributed by atoms with Crippen molar-refractivity contribution in [3.8, 4) is 11.3 Å². The van der Waals surface area contributed by atoms with E-state index in [9.17, 15) is 4.79 Å². The lowest BCUT2D eigenvalue weighted by Crippen LogP contribution is -2.25. The van der Waals surface area contributed by atoms with Crippen molar-refractivity contribution >= 4 is 40.7 Å². The third-order valence-electron chi connectivity index (χ3n) is 5.14. The normalized spacial score (nSPS) is 17.4. The highest BCUT2D eigenvalue weighted by Gasteiger charge is 2.30. The maximum Gasteiger partial charge on any atom is 0.239 e. The molecule has 1 fully saturated rings. The summed E-state index contributed by atoms with van der Waals surface area (Å²) in [5.41, 5.74) is 3.30. The van der Waals surface area contributed by atoms with Crippen LogP contribution >= 0.6 is 23.4 Å². The first-order valence-electron chi connectivity index (χ1n) is 10.6. The third kappa shape index (κ3) is 5.69. The predicted octanol–water partition coefficient (Wildman–Crippen LogP) is 6.11. The van der Waals surface area contributed by atoms with Crippen molar-refractivity contribution in [2.75, 3.05) is 0 Å². The third-order valence-corrected chi connectivity index (χ3v) is 6.54. The molecular weight excluding hydrogens is 442 g/mol. The highest BCUT2D eigenvalue weighted by atomic mass is 35.5. The SMILES string of the molecule is CCCCc1ccc(CC2S/C(=N/N=C/c3ccc(-c4ccccc4Cl)o3)NC2=O)cc1. The molecule has 0 aliphatic carbocycles. The summed E-state index contributed by atoms with van der Waals surface area (Å²) in [6.07, 6.45) is 5.66. The van der Waals surface area contributed by atoms with Gasteiger partial charge in [-0.05, 0) is 54.7 Å². The molecule has 0 bridgehead atoms. The quantitative estimate of drug-likeness (QED) is 0.322. The molecule has 5 nitrogen and oxygen atoms in total. The Bertz CT molecular complexity index is 1140. The van der Waals surface area contributed by atoms with Gasteiger partial charge in [-0.25, -0.2) is 0 Å². The van der Waals surface area contributed by atoms with Gasteiger partial charge in [-0.1, -0.05) is 73.1 Å².